The van der Waals surface area contributed by atoms with Crippen molar-refractivity contribution in [2.45, 2.75) is 32.7 Å². The van der Waals surface area contributed by atoms with Gasteiger partial charge in [0, 0.05) is 24.9 Å². The summed E-state index contributed by atoms with van der Waals surface area (Å²) in [6.45, 7) is 5.04. The van der Waals surface area contributed by atoms with Gasteiger partial charge in [0.25, 0.3) is 0 Å². The molecule has 1 amide bonds. The molecule has 0 spiro atoms. The lowest BCUT2D eigenvalue weighted by Gasteiger charge is -2.07. The fraction of sp³-hybridized carbons (Fsp3) is 0.600. The highest BCUT2D eigenvalue weighted by atomic mass is 16.1. The number of aromatic nitrogens is 2. The number of hydrogen-bond donors (Lipinski definition) is 3. The number of hydrogen-bond acceptors (Lipinski definition) is 3. The number of H-pyrrole nitrogens is 1. The van der Waals surface area contributed by atoms with Crippen LogP contribution in [0.5, 0.6) is 0 Å². The number of carbonyl (C=O) groups excluding carboxylic acids is 1. The van der Waals surface area contributed by atoms with E-state index in [1.165, 1.54) is 0 Å². The summed E-state index contributed by atoms with van der Waals surface area (Å²) in [5.74, 6) is 0.507. The van der Waals surface area contributed by atoms with Crippen LogP contribution in [0.4, 0.5) is 5.95 Å². The summed E-state index contributed by atoms with van der Waals surface area (Å²) in [6.07, 6.45) is 4.64. The predicted octanol–water partition coefficient (Wildman–Crippen LogP) is 1.13. The first kappa shape index (κ1) is 11.7. The highest BCUT2D eigenvalue weighted by Crippen LogP contribution is 1.97. The molecule has 0 saturated heterocycles. The van der Waals surface area contributed by atoms with Crippen molar-refractivity contribution < 1.29 is 4.79 Å². The summed E-state index contributed by atoms with van der Waals surface area (Å²) < 4.78 is 0. The van der Waals surface area contributed by atoms with Crippen LogP contribution >= 0.6 is 0 Å². The summed E-state index contributed by atoms with van der Waals surface area (Å²) in [5, 5.41) is 5.93. The third-order valence-electron chi connectivity index (χ3n) is 1.89. The molecule has 1 rings (SSSR count). The number of anilines is 1. The zero-order chi connectivity index (χ0) is 11.1. The Morgan fingerprint density at radius 1 is 1.60 bits per heavy atom. The molecule has 5 heteroatoms. The van der Waals surface area contributed by atoms with Crippen molar-refractivity contribution in [3.05, 3.63) is 12.4 Å². The molecule has 0 aliphatic rings. The Balaban J connectivity index is 2.09. The van der Waals surface area contributed by atoms with Gasteiger partial charge in [0.2, 0.25) is 11.9 Å². The summed E-state index contributed by atoms with van der Waals surface area (Å²) in [6, 6.07) is 0.470. The van der Waals surface area contributed by atoms with Crippen LogP contribution < -0.4 is 10.6 Å². The third-order valence-corrected chi connectivity index (χ3v) is 1.89. The van der Waals surface area contributed by atoms with Crippen molar-refractivity contribution in [3.8, 4) is 0 Å². The third kappa shape index (κ3) is 5.17. The molecule has 0 bridgehead atoms. The second-order valence-corrected chi connectivity index (χ2v) is 3.70. The number of carbonyl (C=O) groups is 1. The topological polar surface area (TPSA) is 69.8 Å². The first-order valence-electron chi connectivity index (χ1n) is 5.21. The SMILES string of the molecule is CC(C)NCCCC(=O)Nc1ncc[nH]1. The van der Waals surface area contributed by atoms with Crippen LogP contribution in [0, 0.1) is 0 Å². The van der Waals surface area contributed by atoms with Gasteiger partial charge in [0.05, 0.1) is 0 Å². The van der Waals surface area contributed by atoms with E-state index in [9.17, 15) is 4.79 Å². The molecule has 0 fully saturated rings. The van der Waals surface area contributed by atoms with Crippen molar-refractivity contribution in [1.29, 1.82) is 0 Å². The summed E-state index contributed by atoms with van der Waals surface area (Å²) in [4.78, 5) is 18.1. The number of imidazole rings is 1. The lowest BCUT2D eigenvalue weighted by molar-refractivity contribution is -0.116. The molecule has 84 valence electrons. The van der Waals surface area contributed by atoms with E-state index in [0.717, 1.165) is 13.0 Å². The quantitative estimate of drug-likeness (QED) is 0.616. The van der Waals surface area contributed by atoms with Gasteiger partial charge in [-0.15, -0.1) is 0 Å². The normalized spacial score (nSPS) is 10.6. The van der Waals surface area contributed by atoms with Gasteiger partial charge in [-0.05, 0) is 13.0 Å². The van der Waals surface area contributed by atoms with Gasteiger partial charge in [-0.25, -0.2) is 4.98 Å². The molecule has 15 heavy (non-hydrogen) atoms. The van der Waals surface area contributed by atoms with Crippen LogP contribution in [0.1, 0.15) is 26.7 Å². The van der Waals surface area contributed by atoms with Crippen molar-refractivity contribution in [1.82, 2.24) is 15.3 Å². The zero-order valence-electron chi connectivity index (χ0n) is 9.21. The fourth-order valence-corrected chi connectivity index (χ4v) is 1.17. The standard InChI is InChI=1S/C10H18N4O/c1-8(2)11-5-3-4-9(15)14-10-12-6-7-13-10/h6-8,11H,3-5H2,1-2H3,(H2,12,13,14,15). The van der Waals surface area contributed by atoms with Gasteiger partial charge in [0.1, 0.15) is 0 Å². The molecular formula is C10H18N4O. The largest absolute Gasteiger partial charge is 0.331 e. The summed E-state index contributed by atoms with van der Waals surface area (Å²) >= 11 is 0. The fourth-order valence-electron chi connectivity index (χ4n) is 1.17. The number of rotatable bonds is 6. The lowest BCUT2D eigenvalue weighted by Crippen LogP contribution is -2.24. The van der Waals surface area contributed by atoms with Gasteiger partial charge < -0.3 is 10.3 Å². The summed E-state index contributed by atoms with van der Waals surface area (Å²) in [7, 11) is 0. The molecule has 0 aromatic carbocycles. The van der Waals surface area contributed by atoms with Crippen LogP contribution in [0.3, 0.4) is 0 Å². The minimum Gasteiger partial charge on any atom is -0.331 e. The second kappa shape index (κ2) is 6.19. The van der Waals surface area contributed by atoms with Crippen molar-refractivity contribution in [2.75, 3.05) is 11.9 Å². The van der Waals surface area contributed by atoms with E-state index in [1.54, 1.807) is 12.4 Å². The smallest absolute Gasteiger partial charge is 0.226 e. The van der Waals surface area contributed by atoms with Gasteiger partial charge >= 0.3 is 0 Å². The Bertz CT molecular complexity index is 282. The Labute approximate surface area is 89.7 Å². The molecule has 0 unspecified atom stereocenters. The summed E-state index contributed by atoms with van der Waals surface area (Å²) in [5.41, 5.74) is 0. The number of nitrogens with zero attached hydrogens (tertiary/aromatic N) is 1. The number of amides is 1. The molecule has 5 nitrogen and oxygen atoms in total. The maximum Gasteiger partial charge on any atom is 0.226 e. The highest BCUT2D eigenvalue weighted by molar-refractivity contribution is 5.88. The predicted molar refractivity (Wildman–Crippen MR) is 59.6 cm³/mol. The van der Waals surface area contributed by atoms with E-state index in [2.05, 4.69) is 34.4 Å². The molecule has 1 aromatic rings. The van der Waals surface area contributed by atoms with E-state index in [0.29, 0.717) is 18.4 Å². The first-order chi connectivity index (χ1) is 7.18. The first-order valence-corrected chi connectivity index (χ1v) is 5.21. The molecule has 0 aliphatic heterocycles. The maximum atomic E-state index is 11.4. The Morgan fingerprint density at radius 2 is 2.40 bits per heavy atom. The van der Waals surface area contributed by atoms with Crippen LogP contribution in [0.15, 0.2) is 12.4 Å². The van der Waals surface area contributed by atoms with Crippen molar-refractivity contribution >= 4 is 11.9 Å². The molecule has 0 saturated carbocycles. The average molecular weight is 210 g/mol. The van der Waals surface area contributed by atoms with Gasteiger partial charge in [0.15, 0.2) is 0 Å². The monoisotopic (exact) mass is 210 g/mol. The molecule has 0 radical (unpaired) electrons. The second-order valence-electron chi connectivity index (χ2n) is 3.70. The zero-order valence-corrected chi connectivity index (χ0v) is 9.21. The number of aromatic amines is 1. The van der Waals surface area contributed by atoms with Gasteiger partial charge in [-0.2, -0.15) is 0 Å². The van der Waals surface area contributed by atoms with E-state index < -0.39 is 0 Å². The Morgan fingerprint density at radius 3 is 3.00 bits per heavy atom. The molecule has 1 heterocycles. The number of nitrogens with one attached hydrogen (secondary N) is 3. The van der Waals surface area contributed by atoms with Crippen LogP contribution in [-0.4, -0.2) is 28.5 Å². The molecule has 0 aliphatic carbocycles. The Kier molecular flexibility index (Phi) is 4.83. The van der Waals surface area contributed by atoms with Crippen molar-refractivity contribution in [2.24, 2.45) is 0 Å². The molecule has 3 N–H and O–H groups in total. The van der Waals surface area contributed by atoms with Crippen LogP contribution in [-0.2, 0) is 4.79 Å². The Hall–Kier alpha value is -1.36. The molecule has 0 atom stereocenters. The van der Waals surface area contributed by atoms with E-state index in [4.69, 9.17) is 0 Å². The molecule has 1 aromatic heterocycles. The average Bonchev–Trinajstić information content (AvgIpc) is 2.64. The highest BCUT2D eigenvalue weighted by Gasteiger charge is 2.03. The van der Waals surface area contributed by atoms with E-state index >= 15 is 0 Å². The maximum absolute atomic E-state index is 11.4. The van der Waals surface area contributed by atoms with Gasteiger partial charge in [-0.1, -0.05) is 13.8 Å². The molecular weight excluding hydrogens is 192 g/mol. The van der Waals surface area contributed by atoms with Crippen molar-refractivity contribution in [3.63, 3.8) is 0 Å². The van der Waals surface area contributed by atoms with Crippen LogP contribution in [0.25, 0.3) is 0 Å². The lowest BCUT2D eigenvalue weighted by atomic mass is 10.3. The van der Waals surface area contributed by atoms with E-state index in [1.807, 2.05) is 0 Å². The van der Waals surface area contributed by atoms with Crippen LogP contribution in [0.2, 0.25) is 0 Å². The van der Waals surface area contributed by atoms with Gasteiger partial charge in [-0.3, -0.25) is 10.1 Å². The minimum absolute atomic E-state index is 0.00416. The minimum atomic E-state index is -0.00416. The van der Waals surface area contributed by atoms with E-state index in [-0.39, 0.29) is 5.91 Å².